The molecule has 5 aromatic rings. The summed E-state index contributed by atoms with van der Waals surface area (Å²) in [6.07, 6.45) is 4.94. The van der Waals surface area contributed by atoms with E-state index in [0.29, 0.717) is 28.9 Å². The molecule has 0 unspecified atom stereocenters. The Morgan fingerprint density at radius 3 is 2.72 bits per heavy atom. The van der Waals surface area contributed by atoms with Gasteiger partial charge in [0.15, 0.2) is 17.4 Å². The van der Waals surface area contributed by atoms with Crippen molar-refractivity contribution in [3.63, 3.8) is 0 Å². The number of furan rings is 1. The van der Waals surface area contributed by atoms with E-state index in [1.807, 2.05) is 30.3 Å². The highest BCUT2D eigenvalue weighted by Crippen LogP contribution is 2.21. The molecular formula is C21H14N6O2. The maximum Gasteiger partial charge on any atom is 0.275 e. The summed E-state index contributed by atoms with van der Waals surface area (Å²) in [4.78, 5) is 26.1. The van der Waals surface area contributed by atoms with Gasteiger partial charge >= 0.3 is 0 Å². The number of aromatic nitrogens is 5. The average Bonchev–Trinajstić information content (AvgIpc) is 3.47. The molecule has 5 rings (SSSR count). The van der Waals surface area contributed by atoms with Gasteiger partial charge in [0.05, 0.1) is 11.8 Å². The largest absolute Gasteiger partial charge is 0.461 e. The van der Waals surface area contributed by atoms with E-state index in [2.05, 4.69) is 25.4 Å². The molecule has 8 nitrogen and oxygen atoms in total. The highest BCUT2D eigenvalue weighted by molar-refractivity contribution is 6.03. The van der Waals surface area contributed by atoms with Crippen LogP contribution in [0.2, 0.25) is 0 Å². The van der Waals surface area contributed by atoms with Gasteiger partial charge in [0, 0.05) is 23.8 Å². The first-order valence-corrected chi connectivity index (χ1v) is 8.86. The molecule has 0 aliphatic heterocycles. The fourth-order valence-electron chi connectivity index (χ4n) is 2.91. The van der Waals surface area contributed by atoms with Crippen molar-refractivity contribution in [2.45, 2.75) is 0 Å². The maximum atomic E-state index is 12.8. The van der Waals surface area contributed by atoms with Crippen molar-refractivity contribution < 1.29 is 9.21 Å². The van der Waals surface area contributed by atoms with Crippen LogP contribution in [0.3, 0.4) is 0 Å². The normalized spacial score (nSPS) is 10.9. The number of amides is 1. The van der Waals surface area contributed by atoms with Gasteiger partial charge in [-0.25, -0.2) is 19.6 Å². The maximum absolute atomic E-state index is 12.8. The van der Waals surface area contributed by atoms with Crippen LogP contribution in [0.25, 0.3) is 28.3 Å². The van der Waals surface area contributed by atoms with Crippen LogP contribution in [0.4, 0.5) is 5.82 Å². The lowest BCUT2D eigenvalue weighted by Gasteiger charge is -2.09. The van der Waals surface area contributed by atoms with Gasteiger partial charge in [-0.2, -0.15) is 5.10 Å². The summed E-state index contributed by atoms with van der Waals surface area (Å²) in [6.45, 7) is 0. The Labute approximate surface area is 164 Å². The second-order valence-corrected chi connectivity index (χ2v) is 6.21. The standard InChI is InChI=1S/C21H14N6O2/c28-21(16-9-8-14-5-1-2-6-15(14)23-16)25-18-13-19(27-11-4-10-22-27)26-20(24-18)17-7-3-12-29-17/h1-13H,(H,24,25,26,28). The molecule has 0 bridgehead atoms. The second-order valence-electron chi connectivity index (χ2n) is 6.21. The van der Waals surface area contributed by atoms with Gasteiger partial charge in [-0.05, 0) is 30.3 Å². The van der Waals surface area contributed by atoms with E-state index in [0.717, 1.165) is 10.9 Å². The summed E-state index contributed by atoms with van der Waals surface area (Å²) in [5, 5.41) is 7.95. The van der Waals surface area contributed by atoms with E-state index in [-0.39, 0.29) is 5.91 Å². The lowest BCUT2D eigenvalue weighted by molar-refractivity contribution is 0.102. The summed E-state index contributed by atoms with van der Waals surface area (Å²) in [5.41, 5.74) is 1.04. The third-order valence-electron chi connectivity index (χ3n) is 4.27. The molecule has 1 N–H and O–H groups in total. The lowest BCUT2D eigenvalue weighted by Crippen LogP contribution is -2.16. The van der Waals surface area contributed by atoms with Gasteiger partial charge in [-0.15, -0.1) is 0 Å². The van der Waals surface area contributed by atoms with Gasteiger partial charge in [-0.1, -0.05) is 24.3 Å². The zero-order valence-electron chi connectivity index (χ0n) is 15.1. The van der Waals surface area contributed by atoms with Crippen LogP contribution in [0, 0.1) is 0 Å². The Morgan fingerprint density at radius 1 is 0.966 bits per heavy atom. The van der Waals surface area contributed by atoms with Gasteiger partial charge < -0.3 is 9.73 Å². The van der Waals surface area contributed by atoms with Crippen LogP contribution >= 0.6 is 0 Å². The van der Waals surface area contributed by atoms with Crippen molar-refractivity contribution in [3.8, 4) is 17.4 Å². The molecule has 1 amide bonds. The van der Waals surface area contributed by atoms with Crippen LogP contribution in [-0.4, -0.2) is 30.6 Å². The van der Waals surface area contributed by atoms with Crippen molar-refractivity contribution >= 4 is 22.6 Å². The van der Waals surface area contributed by atoms with Crippen LogP contribution in [0.1, 0.15) is 10.5 Å². The van der Waals surface area contributed by atoms with E-state index in [9.17, 15) is 4.79 Å². The van der Waals surface area contributed by atoms with E-state index in [4.69, 9.17) is 4.42 Å². The molecule has 0 aliphatic carbocycles. The molecule has 0 atom stereocenters. The number of anilines is 1. The van der Waals surface area contributed by atoms with Crippen LogP contribution in [0.15, 0.2) is 83.7 Å². The fraction of sp³-hybridized carbons (Fsp3) is 0. The first-order chi connectivity index (χ1) is 14.3. The molecule has 0 spiro atoms. The number of hydrogen-bond acceptors (Lipinski definition) is 6. The number of benzene rings is 1. The van der Waals surface area contributed by atoms with Crippen molar-refractivity contribution in [1.29, 1.82) is 0 Å². The molecule has 0 fully saturated rings. The lowest BCUT2D eigenvalue weighted by atomic mass is 10.2. The minimum atomic E-state index is -0.369. The van der Waals surface area contributed by atoms with Crippen molar-refractivity contribution in [1.82, 2.24) is 24.7 Å². The smallest absolute Gasteiger partial charge is 0.275 e. The van der Waals surface area contributed by atoms with Gasteiger partial charge in [-0.3, -0.25) is 4.79 Å². The topological polar surface area (TPSA) is 98.7 Å². The summed E-state index contributed by atoms with van der Waals surface area (Å²) >= 11 is 0. The average molecular weight is 382 g/mol. The molecule has 0 radical (unpaired) electrons. The number of nitrogens with zero attached hydrogens (tertiary/aromatic N) is 5. The number of carbonyl (C=O) groups is 1. The number of fused-ring (bicyclic) bond motifs is 1. The van der Waals surface area contributed by atoms with E-state index >= 15 is 0 Å². The zero-order chi connectivity index (χ0) is 19.6. The molecule has 140 valence electrons. The summed E-state index contributed by atoms with van der Waals surface area (Å²) in [5.74, 6) is 1.27. The third-order valence-corrected chi connectivity index (χ3v) is 4.27. The quantitative estimate of drug-likeness (QED) is 0.509. The predicted molar refractivity (Wildman–Crippen MR) is 107 cm³/mol. The molecule has 1 aromatic carbocycles. The Bertz CT molecular complexity index is 1240. The monoisotopic (exact) mass is 382 g/mol. The van der Waals surface area contributed by atoms with Crippen molar-refractivity contribution in [2.24, 2.45) is 0 Å². The minimum Gasteiger partial charge on any atom is -0.461 e. The number of carbonyl (C=O) groups excluding carboxylic acids is 1. The van der Waals surface area contributed by atoms with E-state index in [1.54, 1.807) is 47.4 Å². The highest BCUT2D eigenvalue weighted by Gasteiger charge is 2.14. The van der Waals surface area contributed by atoms with Crippen LogP contribution in [0.5, 0.6) is 0 Å². The van der Waals surface area contributed by atoms with Crippen molar-refractivity contribution in [3.05, 3.63) is 85.0 Å². The van der Waals surface area contributed by atoms with Gasteiger partial charge in [0.25, 0.3) is 5.91 Å². The fourth-order valence-corrected chi connectivity index (χ4v) is 2.91. The molecule has 0 aliphatic rings. The first-order valence-electron chi connectivity index (χ1n) is 8.86. The van der Waals surface area contributed by atoms with Crippen molar-refractivity contribution in [2.75, 3.05) is 5.32 Å². The molecule has 0 saturated heterocycles. The second kappa shape index (κ2) is 7.01. The minimum absolute atomic E-state index is 0.294. The molecule has 0 saturated carbocycles. The predicted octanol–water partition coefficient (Wildman–Crippen LogP) is 3.72. The van der Waals surface area contributed by atoms with E-state index < -0.39 is 0 Å². The number of nitrogens with one attached hydrogen (secondary N) is 1. The molecular weight excluding hydrogens is 368 g/mol. The molecule has 8 heteroatoms. The Kier molecular flexibility index (Phi) is 4.06. The molecule has 29 heavy (non-hydrogen) atoms. The zero-order valence-corrected chi connectivity index (χ0v) is 15.1. The summed E-state index contributed by atoms with van der Waals surface area (Å²) in [6, 6.07) is 18.1. The number of rotatable bonds is 4. The number of hydrogen-bond donors (Lipinski definition) is 1. The van der Waals surface area contributed by atoms with Gasteiger partial charge in [0.1, 0.15) is 11.5 Å². The Balaban J connectivity index is 1.51. The molecule has 4 aromatic heterocycles. The number of pyridine rings is 1. The van der Waals surface area contributed by atoms with Gasteiger partial charge in [0.2, 0.25) is 0 Å². The SMILES string of the molecule is O=C(Nc1cc(-n2cccn2)nc(-c2ccco2)n1)c1ccc2ccccc2n1. The van der Waals surface area contributed by atoms with Crippen LogP contribution < -0.4 is 5.32 Å². The Hall–Kier alpha value is -4.33. The Morgan fingerprint density at radius 2 is 1.90 bits per heavy atom. The highest BCUT2D eigenvalue weighted by atomic mass is 16.3. The van der Waals surface area contributed by atoms with Crippen LogP contribution in [-0.2, 0) is 0 Å². The first kappa shape index (κ1) is 16.8. The third kappa shape index (κ3) is 3.34. The summed E-state index contributed by atoms with van der Waals surface area (Å²) in [7, 11) is 0. The number of para-hydroxylation sites is 1. The molecule has 4 heterocycles. The van der Waals surface area contributed by atoms with E-state index in [1.165, 1.54) is 6.26 Å². The summed E-state index contributed by atoms with van der Waals surface area (Å²) < 4.78 is 6.99.